The highest BCUT2D eigenvalue weighted by molar-refractivity contribution is 7.99. The van der Waals surface area contributed by atoms with Crippen molar-refractivity contribution >= 4 is 46.7 Å². The highest BCUT2D eigenvalue weighted by Gasteiger charge is 2.52. The van der Waals surface area contributed by atoms with E-state index in [4.69, 9.17) is 0 Å². The molecule has 3 rings (SSSR count). The van der Waals surface area contributed by atoms with Gasteiger partial charge in [-0.1, -0.05) is 35.7 Å². The van der Waals surface area contributed by atoms with Gasteiger partial charge in [0.2, 0.25) is 11.8 Å². The van der Waals surface area contributed by atoms with Gasteiger partial charge in [0.1, 0.15) is 0 Å². The fraction of sp³-hybridized carbons (Fsp3) is 0.200. The summed E-state index contributed by atoms with van der Waals surface area (Å²) in [5.41, 5.74) is 1.30. The maximum Gasteiger partial charge on any atom is 0.288 e. The third kappa shape index (κ3) is 5.79. The highest BCUT2D eigenvalue weighted by Crippen LogP contribution is 2.45. The first-order valence-corrected chi connectivity index (χ1v) is 10.4. The number of thioether (sulfide) groups is 2. The first-order chi connectivity index (χ1) is 14.2. The Kier molecular flexibility index (Phi) is 7.09. The van der Waals surface area contributed by atoms with Crippen molar-refractivity contribution in [2.75, 3.05) is 10.6 Å². The molecular weight excluding hydrogens is 440 g/mol. The Morgan fingerprint density at radius 2 is 1.07 bits per heavy atom. The second-order valence-electron chi connectivity index (χ2n) is 6.31. The van der Waals surface area contributed by atoms with E-state index in [9.17, 15) is 27.2 Å². The molecule has 0 unspecified atom stereocenters. The molecule has 0 radical (unpaired) electrons. The van der Waals surface area contributed by atoms with Crippen molar-refractivity contribution in [3.63, 3.8) is 0 Å². The number of alkyl halides is 4. The predicted octanol–water partition coefficient (Wildman–Crippen LogP) is 5.70. The standard InChI is InChI=1S/C20H16F4N2O2S2/c1-10-15(17(27)25-11-2-6-13(7-3-11)29-19(21)22)16(10)18(28)26-12-4-8-14(9-5-12)30-20(23)24/h2-9,15-16,19-20H,1H2,(H,25,27)(H,26,28)/t15-,16-/m1/s1. The molecule has 30 heavy (non-hydrogen) atoms. The minimum Gasteiger partial charge on any atom is -0.326 e. The summed E-state index contributed by atoms with van der Waals surface area (Å²) < 4.78 is 49.4. The Balaban J connectivity index is 1.54. The minimum atomic E-state index is -2.53. The molecular formula is C20H16F4N2O2S2. The zero-order valence-electron chi connectivity index (χ0n) is 15.3. The normalized spacial score (nSPS) is 17.9. The fourth-order valence-electron chi connectivity index (χ4n) is 2.83. The van der Waals surface area contributed by atoms with Crippen molar-refractivity contribution < 1.29 is 27.2 Å². The third-order valence-electron chi connectivity index (χ3n) is 4.28. The molecule has 2 amide bonds. The zero-order valence-corrected chi connectivity index (χ0v) is 16.9. The number of rotatable bonds is 8. The number of hydrogen-bond acceptors (Lipinski definition) is 4. The Hall–Kier alpha value is -2.46. The van der Waals surface area contributed by atoms with E-state index < -0.39 is 35.2 Å². The van der Waals surface area contributed by atoms with Gasteiger partial charge in [0.05, 0.1) is 11.8 Å². The lowest BCUT2D eigenvalue weighted by Gasteiger charge is -2.07. The molecule has 0 heterocycles. The number of nitrogens with one attached hydrogen (secondary N) is 2. The molecule has 2 N–H and O–H groups in total. The van der Waals surface area contributed by atoms with Gasteiger partial charge >= 0.3 is 0 Å². The van der Waals surface area contributed by atoms with Crippen LogP contribution in [-0.4, -0.2) is 23.3 Å². The lowest BCUT2D eigenvalue weighted by atomic mass is 10.2. The number of hydrogen-bond donors (Lipinski definition) is 2. The Morgan fingerprint density at radius 3 is 1.37 bits per heavy atom. The smallest absolute Gasteiger partial charge is 0.288 e. The Morgan fingerprint density at radius 1 is 0.733 bits per heavy atom. The zero-order chi connectivity index (χ0) is 21.8. The third-order valence-corrected chi connectivity index (χ3v) is 5.73. The summed E-state index contributed by atoms with van der Waals surface area (Å²) in [6.45, 7) is 3.75. The lowest BCUT2D eigenvalue weighted by molar-refractivity contribution is -0.122. The molecule has 4 nitrogen and oxygen atoms in total. The summed E-state index contributed by atoms with van der Waals surface area (Å²) in [4.78, 5) is 25.6. The maximum absolute atomic E-state index is 12.4. The van der Waals surface area contributed by atoms with Gasteiger partial charge in [-0.15, -0.1) is 0 Å². The molecule has 1 aliphatic carbocycles. The van der Waals surface area contributed by atoms with Crippen LogP contribution >= 0.6 is 23.5 Å². The Bertz CT molecular complexity index is 861. The van der Waals surface area contributed by atoms with E-state index in [1.807, 2.05) is 0 Å². The van der Waals surface area contributed by atoms with Gasteiger partial charge in [0.15, 0.2) is 0 Å². The van der Waals surface area contributed by atoms with Crippen LogP contribution in [0.25, 0.3) is 0 Å². The predicted molar refractivity (Wildman–Crippen MR) is 110 cm³/mol. The molecule has 2 aromatic rings. The number of halogens is 4. The summed E-state index contributed by atoms with van der Waals surface area (Å²) in [6, 6.07) is 11.9. The number of carbonyl (C=O) groups excluding carboxylic acids is 2. The summed E-state index contributed by atoms with van der Waals surface area (Å²) in [7, 11) is 0. The second-order valence-corrected chi connectivity index (χ2v) is 8.44. The van der Waals surface area contributed by atoms with Crippen molar-refractivity contribution in [1.82, 2.24) is 0 Å². The van der Waals surface area contributed by atoms with E-state index in [1.54, 1.807) is 0 Å². The van der Waals surface area contributed by atoms with E-state index in [0.717, 1.165) is 0 Å². The van der Waals surface area contributed by atoms with Crippen LogP contribution in [0.5, 0.6) is 0 Å². The van der Waals surface area contributed by atoms with Crippen LogP contribution in [0, 0.1) is 11.8 Å². The molecule has 0 bridgehead atoms. The molecule has 10 heteroatoms. The van der Waals surface area contributed by atoms with Gasteiger partial charge in [-0.05, 0) is 48.5 Å². The van der Waals surface area contributed by atoms with Gasteiger partial charge in [0.25, 0.3) is 11.5 Å². The van der Waals surface area contributed by atoms with Crippen molar-refractivity contribution in [2.24, 2.45) is 11.8 Å². The molecule has 1 fully saturated rings. The fourth-order valence-corrected chi connectivity index (χ4v) is 3.83. The molecule has 2 aromatic carbocycles. The molecule has 0 spiro atoms. The number of amides is 2. The first kappa shape index (κ1) is 22.2. The largest absolute Gasteiger partial charge is 0.326 e. The SMILES string of the molecule is C=C1[C@@H](C(=O)Nc2ccc(SC(F)F)cc2)[C@@H]1C(=O)Nc1ccc(SC(F)F)cc1. The topological polar surface area (TPSA) is 58.2 Å². The summed E-state index contributed by atoms with van der Waals surface area (Å²) in [5, 5.41) is 5.28. The molecule has 0 aliphatic heterocycles. The van der Waals surface area contributed by atoms with Gasteiger partial charge in [-0.25, -0.2) is 0 Å². The van der Waals surface area contributed by atoms with E-state index in [0.29, 0.717) is 50.3 Å². The average Bonchev–Trinajstić information content (AvgIpc) is 3.35. The van der Waals surface area contributed by atoms with Gasteiger partial charge in [-0.3, -0.25) is 9.59 Å². The second kappa shape index (κ2) is 9.57. The van der Waals surface area contributed by atoms with Gasteiger partial charge in [-0.2, -0.15) is 17.6 Å². The van der Waals surface area contributed by atoms with Crippen LogP contribution in [0.4, 0.5) is 28.9 Å². The van der Waals surface area contributed by atoms with Crippen LogP contribution in [0.1, 0.15) is 0 Å². The number of carbonyl (C=O) groups is 2. The lowest BCUT2D eigenvalue weighted by Crippen LogP contribution is -2.20. The van der Waals surface area contributed by atoms with Gasteiger partial charge < -0.3 is 10.6 Å². The van der Waals surface area contributed by atoms with Gasteiger partial charge in [0, 0.05) is 21.2 Å². The van der Waals surface area contributed by atoms with Crippen LogP contribution in [0.15, 0.2) is 70.5 Å². The number of benzene rings is 2. The van der Waals surface area contributed by atoms with E-state index in [-0.39, 0.29) is 0 Å². The maximum atomic E-state index is 12.4. The first-order valence-electron chi connectivity index (χ1n) is 8.65. The van der Waals surface area contributed by atoms with Crippen LogP contribution in [-0.2, 0) is 9.59 Å². The van der Waals surface area contributed by atoms with E-state index in [1.165, 1.54) is 48.5 Å². The van der Waals surface area contributed by atoms with Crippen LogP contribution < -0.4 is 10.6 Å². The van der Waals surface area contributed by atoms with E-state index in [2.05, 4.69) is 17.2 Å². The number of anilines is 2. The monoisotopic (exact) mass is 456 g/mol. The quantitative estimate of drug-likeness (QED) is 0.304. The molecule has 0 aromatic heterocycles. The summed E-state index contributed by atoms with van der Waals surface area (Å²) in [5.74, 6) is -7.30. The van der Waals surface area contributed by atoms with Crippen LogP contribution in [0.3, 0.4) is 0 Å². The Labute approximate surface area is 178 Å². The van der Waals surface area contributed by atoms with Crippen molar-refractivity contribution in [3.05, 3.63) is 60.7 Å². The molecule has 1 aliphatic rings. The summed E-state index contributed by atoms with van der Waals surface area (Å²) in [6.07, 6.45) is 0. The van der Waals surface area contributed by atoms with Crippen molar-refractivity contribution in [3.8, 4) is 0 Å². The van der Waals surface area contributed by atoms with Crippen LogP contribution in [0.2, 0.25) is 0 Å². The van der Waals surface area contributed by atoms with E-state index >= 15 is 0 Å². The highest BCUT2D eigenvalue weighted by atomic mass is 32.2. The summed E-state index contributed by atoms with van der Waals surface area (Å²) >= 11 is 0.805. The van der Waals surface area contributed by atoms with Crippen molar-refractivity contribution in [2.45, 2.75) is 21.3 Å². The minimum absolute atomic E-state index is 0.369. The molecule has 1 saturated carbocycles. The molecule has 0 saturated heterocycles. The van der Waals surface area contributed by atoms with Crippen molar-refractivity contribution in [1.29, 1.82) is 0 Å². The molecule has 2 atom stereocenters. The average molecular weight is 456 g/mol. The molecule has 158 valence electrons.